The third kappa shape index (κ3) is 3.51. The van der Waals surface area contributed by atoms with Gasteiger partial charge in [-0.1, -0.05) is 13.8 Å². The van der Waals surface area contributed by atoms with Crippen molar-refractivity contribution in [2.24, 2.45) is 5.73 Å². The van der Waals surface area contributed by atoms with Crippen molar-refractivity contribution in [3.05, 3.63) is 0 Å². The van der Waals surface area contributed by atoms with E-state index in [1.807, 2.05) is 13.8 Å². The minimum absolute atomic E-state index is 0.0330. The van der Waals surface area contributed by atoms with E-state index in [1.54, 1.807) is 6.92 Å². The Labute approximate surface area is 137 Å². The quantitative estimate of drug-likeness (QED) is 0.521. The lowest BCUT2D eigenvalue weighted by atomic mass is 9.80. The Hall–Kier alpha value is -1.18. The molecule has 1 amide bonds. The third-order valence-electron chi connectivity index (χ3n) is 4.64. The van der Waals surface area contributed by atoms with Gasteiger partial charge in [-0.05, 0) is 19.8 Å². The topological polar surface area (TPSA) is 103 Å². The summed E-state index contributed by atoms with van der Waals surface area (Å²) in [4.78, 5) is 23.8. The third-order valence-corrected chi connectivity index (χ3v) is 4.64. The molecule has 3 N–H and O–H groups in total. The largest absolute Gasteiger partial charge is 0.464 e. The van der Waals surface area contributed by atoms with Crippen LogP contribution in [0.4, 0.5) is 0 Å². The van der Waals surface area contributed by atoms with Crippen LogP contribution in [0.15, 0.2) is 0 Å². The highest BCUT2D eigenvalue weighted by Gasteiger charge is 2.72. The van der Waals surface area contributed by atoms with E-state index in [-0.39, 0.29) is 24.0 Å². The van der Waals surface area contributed by atoms with Crippen LogP contribution in [0, 0.1) is 0 Å². The molecule has 0 bridgehead atoms. The number of esters is 1. The zero-order chi connectivity index (χ0) is 17.2. The zero-order valence-corrected chi connectivity index (χ0v) is 14.3. The lowest BCUT2D eigenvalue weighted by Gasteiger charge is -2.38. The second-order valence-corrected chi connectivity index (χ2v) is 6.28. The second-order valence-electron chi connectivity index (χ2n) is 6.28. The fraction of sp³-hybridized carbons (Fsp3) is 0.875. The molecule has 0 radical (unpaired) electrons. The first-order valence-electron chi connectivity index (χ1n) is 8.42. The predicted molar refractivity (Wildman–Crippen MR) is 83.7 cm³/mol. The number of rotatable bonds is 7. The average molecular weight is 328 g/mol. The molecule has 1 saturated carbocycles. The Morgan fingerprint density at radius 3 is 2.52 bits per heavy atom. The maximum atomic E-state index is 12.3. The van der Waals surface area contributed by atoms with Gasteiger partial charge in [-0.15, -0.1) is 0 Å². The fourth-order valence-corrected chi connectivity index (χ4v) is 3.38. The zero-order valence-electron chi connectivity index (χ0n) is 14.3. The highest BCUT2D eigenvalue weighted by atomic mass is 16.7. The van der Waals surface area contributed by atoms with Crippen molar-refractivity contribution in [1.82, 2.24) is 5.32 Å². The number of carbonyl (C=O) groups is 2. The van der Waals surface area contributed by atoms with Crippen LogP contribution in [0.2, 0.25) is 0 Å². The molecule has 0 aromatic heterocycles. The van der Waals surface area contributed by atoms with Gasteiger partial charge in [-0.2, -0.15) is 0 Å². The van der Waals surface area contributed by atoms with Gasteiger partial charge in [-0.3, -0.25) is 4.79 Å². The van der Waals surface area contributed by atoms with E-state index in [1.165, 1.54) is 6.92 Å². The van der Waals surface area contributed by atoms with Gasteiger partial charge in [0.05, 0.1) is 18.8 Å². The monoisotopic (exact) mass is 328 g/mol. The molecule has 1 aliphatic carbocycles. The molecule has 2 unspecified atom stereocenters. The first kappa shape index (κ1) is 18.2. The van der Waals surface area contributed by atoms with Crippen LogP contribution in [0.5, 0.6) is 0 Å². The van der Waals surface area contributed by atoms with Crippen molar-refractivity contribution in [3.63, 3.8) is 0 Å². The van der Waals surface area contributed by atoms with Crippen LogP contribution in [-0.4, -0.2) is 54.5 Å². The number of fused-ring (bicyclic) bond motifs is 1. The molecule has 2 aliphatic rings. The summed E-state index contributed by atoms with van der Waals surface area (Å²) < 4.78 is 17.0. The minimum Gasteiger partial charge on any atom is -0.464 e. The van der Waals surface area contributed by atoms with E-state index in [0.29, 0.717) is 13.0 Å². The molecule has 1 aliphatic heterocycles. The minimum atomic E-state index is -1.01. The highest BCUT2D eigenvalue weighted by molar-refractivity contribution is 5.84. The molecule has 2 rings (SSSR count). The molecule has 0 aromatic carbocycles. The van der Waals surface area contributed by atoms with Crippen LogP contribution >= 0.6 is 0 Å². The Balaban J connectivity index is 2.20. The number of hydrogen-bond acceptors (Lipinski definition) is 6. The van der Waals surface area contributed by atoms with Gasteiger partial charge < -0.3 is 25.3 Å². The fourth-order valence-electron chi connectivity index (χ4n) is 3.38. The Bertz CT molecular complexity index is 454. The van der Waals surface area contributed by atoms with Crippen LogP contribution in [0.1, 0.15) is 47.0 Å². The summed E-state index contributed by atoms with van der Waals surface area (Å²) in [5, 5.41) is 2.86. The predicted octanol–water partition coefficient (Wildman–Crippen LogP) is 0.497. The van der Waals surface area contributed by atoms with Crippen molar-refractivity contribution in [2.45, 2.75) is 83.0 Å². The molecule has 132 valence electrons. The molecule has 5 atom stereocenters. The number of nitrogens with two attached hydrogens (primary N) is 1. The maximum Gasteiger partial charge on any atom is 0.341 e. The number of nitrogens with one attached hydrogen (secondary N) is 1. The molecule has 2 fully saturated rings. The Kier molecular flexibility index (Phi) is 5.65. The second kappa shape index (κ2) is 7.15. The van der Waals surface area contributed by atoms with Gasteiger partial charge in [0, 0.05) is 19.4 Å². The number of epoxide rings is 1. The van der Waals surface area contributed by atoms with Gasteiger partial charge >= 0.3 is 5.97 Å². The van der Waals surface area contributed by atoms with Crippen LogP contribution in [0.25, 0.3) is 0 Å². The van der Waals surface area contributed by atoms with E-state index in [9.17, 15) is 9.59 Å². The summed E-state index contributed by atoms with van der Waals surface area (Å²) in [6, 6.07) is -0.801. The van der Waals surface area contributed by atoms with Gasteiger partial charge in [0.15, 0.2) is 5.60 Å². The first-order valence-corrected chi connectivity index (χ1v) is 8.42. The van der Waals surface area contributed by atoms with Crippen molar-refractivity contribution < 1.29 is 23.8 Å². The maximum absolute atomic E-state index is 12.3. The molecule has 1 heterocycles. The summed E-state index contributed by atoms with van der Waals surface area (Å²) in [6.45, 7) is 7.57. The summed E-state index contributed by atoms with van der Waals surface area (Å²) in [5.41, 5.74) is 5.22. The van der Waals surface area contributed by atoms with E-state index in [0.717, 1.165) is 12.8 Å². The lowest BCUT2D eigenvalue weighted by Crippen LogP contribution is -2.63. The van der Waals surface area contributed by atoms with Crippen LogP contribution in [0.3, 0.4) is 0 Å². The number of amides is 1. The average Bonchev–Trinajstić information content (AvgIpc) is 3.22. The van der Waals surface area contributed by atoms with Crippen molar-refractivity contribution in [1.29, 1.82) is 0 Å². The van der Waals surface area contributed by atoms with Crippen molar-refractivity contribution >= 4 is 11.9 Å². The van der Waals surface area contributed by atoms with E-state index in [4.69, 9.17) is 19.9 Å². The standard InChI is InChI=1S/C16H28N2O5/c1-5-10(6-2)22-13-12(18-9(4)19)11(17)8-16(14(13)23-16)15(20)21-7-3/h10-14H,5-8,17H2,1-4H3,(H,18,19)/t11-,12-,13+,14?,16?/m1/s1. The van der Waals surface area contributed by atoms with Gasteiger partial charge in [0.25, 0.3) is 0 Å². The Morgan fingerprint density at radius 2 is 2.00 bits per heavy atom. The molecule has 0 aromatic rings. The lowest BCUT2D eigenvalue weighted by molar-refractivity contribution is -0.151. The molecule has 7 nitrogen and oxygen atoms in total. The Morgan fingerprint density at radius 1 is 1.35 bits per heavy atom. The normalized spacial score (nSPS) is 35.6. The van der Waals surface area contributed by atoms with E-state index in [2.05, 4.69) is 5.32 Å². The smallest absolute Gasteiger partial charge is 0.341 e. The summed E-state index contributed by atoms with van der Waals surface area (Å²) in [6.07, 6.45) is 1.17. The van der Waals surface area contributed by atoms with Gasteiger partial charge in [0.2, 0.25) is 5.91 Å². The summed E-state index contributed by atoms with van der Waals surface area (Å²) in [7, 11) is 0. The molecule has 0 spiro atoms. The van der Waals surface area contributed by atoms with Crippen molar-refractivity contribution in [3.8, 4) is 0 Å². The SMILES string of the molecule is CCOC(=O)C12C[C@@H](N)[C@@H](NC(C)=O)[C@H](OC(CC)CC)C1O2. The molecular weight excluding hydrogens is 300 g/mol. The van der Waals surface area contributed by atoms with E-state index < -0.39 is 23.9 Å². The number of ether oxygens (including phenoxy) is 3. The number of hydrogen-bond donors (Lipinski definition) is 2. The molecule has 7 heteroatoms. The summed E-state index contributed by atoms with van der Waals surface area (Å²) >= 11 is 0. The highest BCUT2D eigenvalue weighted by Crippen LogP contribution is 2.50. The van der Waals surface area contributed by atoms with Crippen LogP contribution < -0.4 is 11.1 Å². The van der Waals surface area contributed by atoms with Crippen LogP contribution in [-0.2, 0) is 23.8 Å². The van der Waals surface area contributed by atoms with E-state index >= 15 is 0 Å². The molecule has 23 heavy (non-hydrogen) atoms. The number of carbonyl (C=O) groups excluding carboxylic acids is 2. The van der Waals surface area contributed by atoms with Crippen molar-refractivity contribution in [2.75, 3.05) is 6.61 Å². The van der Waals surface area contributed by atoms with Gasteiger partial charge in [-0.25, -0.2) is 4.79 Å². The first-order chi connectivity index (χ1) is 10.9. The van der Waals surface area contributed by atoms with Gasteiger partial charge in [0.1, 0.15) is 12.2 Å². The molecular formula is C16H28N2O5. The molecule has 1 saturated heterocycles. The summed E-state index contributed by atoms with van der Waals surface area (Å²) in [5.74, 6) is -0.562.